The summed E-state index contributed by atoms with van der Waals surface area (Å²) in [6.07, 6.45) is 7.66. The van der Waals surface area contributed by atoms with Crippen LogP contribution in [0.1, 0.15) is 86.8 Å². The minimum Gasteiger partial charge on any atom is -0.497 e. The van der Waals surface area contributed by atoms with Crippen molar-refractivity contribution in [2.75, 3.05) is 37.5 Å². The maximum atomic E-state index is 10.9. The van der Waals surface area contributed by atoms with Crippen molar-refractivity contribution in [3.63, 3.8) is 0 Å². The Hall–Kier alpha value is -3.88. The van der Waals surface area contributed by atoms with Gasteiger partial charge in [-0.3, -0.25) is 9.78 Å². The summed E-state index contributed by atoms with van der Waals surface area (Å²) in [6.45, 7) is 18.2. The van der Waals surface area contributed by atoms with E-state index in [1.807, 2.05) is 58.0 Å². The Morgan fingerprint density at radius 3 is 2.38 bits per heavy atom. The molecule has 6 rings (SSSR count). The molecule has 3 aromatic rings. The van der Waals surface area contributed by atoms with Crippen LogP contribution in [-0.4, -0.2) is 48.5 Å². The summed E-state index contributed by atoms with van der Waals surface area (Å²) in [7, 11) is 1.66. The number of hydrogen-bond acceptors (Lipinski definition) is 8. The fourth-order valence-corrected chi connectivity index (χ4v) is 4.93. The summed E-state index contributed by atoms with van der Waals surface area (Å²) in [5, 5.41) is 7.03. The van der Waals surface area contributed by atoms with Gasteiger partial charge in [0.15, 0.2) is 23.9 Å². The number of aryl methyl sites for hydroxylation is 1. The number of nitrogens with one attached hydrogen (secondary N) is 2. The zero-order valence-corrected chi connectivity index (χ0v) is 28.8. The molecule has 1 amide bonds. The lowest BCUT2D eigenvalue weighted by molar-refractivity contribution is -0.119. The van der Waals surface area contributed by atoms with E-state index in [1.54, 1.807) is 20.2 Å². The number of benzene rings is 1. The lowest BCUT2D eigenvalue weighted by Gasteiger charge is -2.29. The number of ether oxygens (including phenoxy) is 3. The monoisotopic (exact) mass is 622 g/mol. The summed E-state index contributed by atoms with van der Waals surface area (Å²) in [6, 6.07) is 9.57. The number of rotatable bonds is 3. The topological polar surface area (TPSA) is 112 Å². The van der Waals surface area contributed by atoms with Crippen molar-refractivity contribution in [2.45, 2.75) is 87.5 Å². The first-order valence-electron chi connectivity index (χ1n) is 16.4. The van der Waals surface area contributed by atoms with E-state index in [0.29, 0.717) is 24.6 Å². The predicted octanol–water partition coefficient (Wildman–Crippen LogP) is 8.11. The van der Waals surface area contributed by atoms with Gasteiger partial charge in [0.05, 0.1) is 24.5 Å². The highest BCUT2D eigenvalue weighted by Gasteiger charge is 2.21. The van der Waals surface area contributed by atoms with Crippen LogP contribution in [0.15, 0.2) is 36.5 Å². The van der Waals surface area contributed by atoms with E-state index in [9.17, 15) is 9.59 Å². The highest BCUT2D eigenvalue weighted by atomic mass is 16.5. The number of carbonyl (C=O) groups is 2. The van der Waals surface area contributed by atoms with Gasteiger partial charge in [-0.15, -0.1) is 0 Å². The molecule has 2 unspecified atom stereocenters. The van der Waals surface area contributed by atoms with E-state index in [1.165, 1.54) is 19.3 Å². The highest BCUT2D eigenvalue weighted by molar-refractivity contribution is 5.95. The number of pyridine rings is 2. The van der Waals surface area contributed by atoms with Gasteiger partial charge in [0.1, 0.15) is 18.1 Å². The first-order chi connectivity index (χ1) is 21.6. The lowest BCUT2D eigenvalue weighted by atomic mass is 9.77. The number of fused-ring (bicyclic) bond motifs is 4. The predicted molar refractivity (Wildman–Crippen MR) is 184 cm³/mol. The van der Waals surface area contributed by atoms with Crippen LogP contribution in [0.4, 0.5) is 11.5 Å². The first kappa shape index (κ1) is 37.3. The minimum absolute atomic E-state index is 0.0835. The van der Waals surface area contributed by atoms with E-state index in [4.69, 9.17) is 14.2 Å². The molecule has 2 N–H and O–H groups in total. The molecule has 1 aliphatic carbocycles. The zero-order valence-electron chi connectivity index (χ0n) is 28.8. The Kier molecular flexibility index (Phi) is 16.2. The summed E-state index contributed by atoms with van der Waals surface area (Å²) < 4.78 is 15.9. The van der Waals surface area contributed by atoms with Crippen LogP contribution >= 0.6 is 0 Å². The van der Waals surface area contributed by atoms with Crippen LogP contribution in [0.25, 0.3) is 10.9 Å². The normalized spacial score (nSPS) is 19.0. The molecular weight excluding hydrogens is 568 g/mol. The molecule has 9 heteroatoms. The third kappa shape index (κ3) is 11.9. The molecule has 2 aliphatic heterocycles. The Balaban J connectivity index is 0.000000219. The van der Waals surface area contributed by atoms with Crippen LogP contribution in [0, 0.1) is 17.8 Å². The molecule has 1 aromatic carbocycles. The number of Topliss-reactive ketones (excluding diaryl/α,β-unsaturated/α-hetero) is 1. The van der Waals surface area contributed by atoms with Gasteiger partial charge in [-0.1, -0.05) is 61.3 Å². The number of aromatic nitrogens is 2. The van der Waals surface area contributed by atoms with Gasteiger partial charge in [-0.05, 0) is 67.9 Å². The molecule has 1 fully saturated rings. The van der Waals surface area contributed by atoms with Gasteiger partial charge in [0, 0.05) is 24.0 Å². The van der Waals surface area contributed by atoms with E-state index < -0.39 is 0 Å². The van der Waals surface area contributed by atoms with E-state index >= 15 is 0 Å². The number of ketones is 1. The molecule has 0 saturated heterocycles. The summed E-state index contributed by atoms with van der Waals surface area (Å²) in [5.41, 5.74) is 2.90. The fourth-order valence-electron chi connectivity index (χ4n) is 4.93. The quantitative estimate of drug-likeness (QED) is 0.301. The summed E-state index contributed by atoms with van der Waals surface area (Å²) in [5.74, 6) is 5.90. The fraction of sp³-hybridized carbons (Fsp3) is 0.556. The van der Waals surface area contributed by atoms with Crippen LogP contribution < -0.4 is 24.8 Å². The van der Waals surface area contributed by atoms with E-state index in [2.05, 4.69) is 41.4 Å². The molecule has 2 aromatic heterocycles. The number of nitrogens with zero attached hydrogens (tertiary/aromatic N) is 2. The first-order valence-corrected chi connectivity index (χ1v) is 16.4. The maximum Gasteiger partial charge on any atom is 0.263 e. The molecule has 248 valence electrons. The third-order valence-corrected chi connectivity index (χ3v) is 7.95. The van der Waals surface area contributed by atoms with Gasteiger partial charge >= 0.3 is 0 Å². The van der Waals surface area contributed by atoms with E-state index in [0.717, 1.165) is 64.5 Å². The largest absolute Gasteiger partial charge is 0.497 e. The van der Waals surface area contributed by atoms with Crippen molar-refractivity contribution < 1.29 is 23.8 Å². The second kappa shape index (κ2) is 19.5. The summed E-state index contributed by atoms with van der Waals surface area (Å²) in [4.78, 5) is 29.3. The van der Waals surface area contributed by atoms with Crippen molar-refractivity contribution in [3.8, 4) is 17.2 Å². The van der Waals surface area contributed by atoms with Crippen LogP contribution in [0.3, 0.4) is 0 Å². The standard InChI is InChI=1S/C12H12N2O2.C9H10N2O2.C9H18.C4H8O.C2H6/c1-15-8-2-3-10-9(6-8)12-11(7-14-10)16-5-4-13-12;1-2-6-3-4-7-9(10-6)11-8(12)5-13-7;1-7-4-5-8(2)9(3)6-7;1-3-4(2)5;1-2/h2-3,6-7,13H,4-5H2,1H3;3-4H,2,5H2,1H3,(H,10,11,12);7-9H,4-6H2,1-3H3;3H2,1-2H3;1-2H3/t;;7-,8?,9?;;/m..0../s1. The Bertz CT molecular complexity index is 1360. The highest BCUT2D eigenvalue weighted by Crippen LogP contribution is 2.35. The van der Waals surface area contributed by atoms with Crippen LogP contribution in [-0.2, 0) is 16.0 Å². The van der Waals surface area contributed by atoms with Crippen molar-refractivity contribution in [3.05, 3.63) is 42.2 Å². The molecule has 4 heterocycles. The number of anilines is 2. The van der Waals surface area contributed by atoms with Gasteiger partial charge < -0.3 is 29.6 Å². The molecule has 3 atom stereocenters. The van der Waals surface area contributed by atoms with Crippen LogP contribution in [0.5, 0.6) is 17.2 Å². The van der Waals surface area contributed by atoms with Crippen molar-refractivity contribution in [2.24, 2.45) is 17.8 Å². The Morgan fingerprint density at radius 2 is 1.76 bits per heavy atom. The number of methoxy groups -OCH3 is 1. The van der Waals surface area contributed by atoms with Crippen molar-refractivity contribution >= 4 is 34.1 Å². The van der Waals surface area contributed by atoms with E-state index in [-0.39, 0.29) is 18.3 Å². The molecule has 0 radical (unpaired) electrons. The van der Waals surface area contributed by atoms with Crippen molar-refractivity contribution in [1.82, 2.24) is 9.97 Å². The second-order valence-corrected chi connectivity index (χ2v) is 11.4. The lowest BCUT2D eigenvalue weighted by Crippen LogP contribution is -2.26. The SMILES string of the molecule is CC.CC1CC[C@H](C)CC1C.CCC(C)=O.CCc1ccc2c(n1)NC(=O)CO2.COc1ccc2ncc3c(c2c1)NCCO3. The van der Waals surface area contributed by atoms with Crippen molar-refractivity contribution in [1.29, 1.82) is 0 Å². The molecule has 0 bridgehead atoms. The number of carbonyl (C=O) groups excluding carboxylic acids is 2. The average Bonchev–Trinajstić information content (AvgIpc) is 3.07. The molecule has 9 nitrogen and oxygen atoms in total. The minimum atomic E-state index is -0.145. The number of hydrogen-bond donors (Lipinski definition) is 2. The van der Waals surface area contributed by atoms with Gasteiger partial charge in [-0.25, -0.2) is 4.98 Å². The molecule has 0 spiro atoms. The smallest absolute Gasteiger partial charge is 0.263 e. The summed E-state index contributed by atoms with van der Waals surface area (Å²) >= 11 is 0. The zero-order chi connectivity index (χ0) is 33.4. The number of amides is 1. The van der Waals surface area contributed by atoms with Gasteiger partial charge in [0.25, 0.3) is 5.91 Å². The molecule has 1 saturated carbocycles. The molecule has 3 aliphatic rings. The maximum absolute atomic E-state index is 10.9. The van der Waals surface area contributed by atoms with Crippen LogP contribution in [0.2, 0.25) is 0 Å². The average molecular weight is 623 g/mol. The Morgan fingerprint density at radius 1 is 1.02 bits per heavy atom. The third-order valence-electron chi connectivity index (χ3n) is 7.95. The molecule has 45 heavy (non-hydrogen) atoms. The van der Waals surface area contributed by atoms with Gasteiger partial charge in [-0.2, -0.15) is 0 Å². The van der Waals surface area contributed by atoms with Gasteiger partial charge in [0.2, 0.25) is 0 Å². The second-order valence-electron chi connectivity index (χ2n) is 11.4. The Labute approximate surface area is 269 Å². The molecular formula is C36H54N4O5.